The van der Waals surface area contributed by atoms with Crippen LogP contribution < -0.4 is 24.8 Å². The maximum absolute atomic E-state index is 14.5. The van der Waals surface area contributed by atoms with E-state index in [4.69, 9.17) is 14.2 Å². The number of rotatable bonds is 7. The Kier molecular flexibility index (Phi) is 6.36. The van der Waals surface area contributed by atoms with Gasteiger partial charge in [0.1, 0.15) is 11.6 Å². The van der Waals surface area contributed by atoms with Gasteiger partial charge in [0.05, 0.1) is 27.4 Å². The van der Waals surface area contributed by atoms with Gasteiger partial charge in [-0.1, -0.05) is 12.1 Å². The molecule has 0 aromatic heterocycles. The van der Waals surface area contributed by atoms with Crippen LogP contribution in [0.2, 0.25) is 0 Å². The zero-order chi connectivity index (χ0) is 20.1. The summed E-state index contributed by atoms with van der Waals surface area (Å²) in [6.07, 6.45) is 0.981. The molecule has 1 aliphatic rings. The zero-order valence-electron chi connectivity index (χ0n) is 16.3. The molecule has 0 saturated carbocycles. The van der Waals surface area contributed by atoms with Crippen LogP contribution in [0.1, 0.15) is 30.0 Å². The van der Waals surface area contributed by atoms with Crippen molar-refractivity contribution in [1.29, 1.82) is 0 Å². The van der Waals surface area contributed by atoms with Gasteiger partial charge in [-0.3, -0.25) is 4.79 Å². The van der Waals surface area contributed by atoms with Crippen molar-refractivity contribution in [2.75, 3.05) is 21.3 Å². The number of halogens is 1. The second-order valence-electron chi connectivity index (χ2n) is 6.61. The third-order valence-electron chi connectivity index (χ3n) is 4.98. The average Bonchev–Trinajstić information content (AvgIpc) is 2.72. The van der Waals surface area contributed by atoms with E-state index < -0.39 is 6.04 Å². The van der Waals surface area contributed by atoms with Crippen LogP contribution in [0.25, 0.3) is 0 Å². The largest absolute Gasteiger partial charge is 0.497 e. The molecule has 2 N–H and O–H groups in total. The molecular weight excluding hydrogens is 363 g/mol. The molecule has 150 valence electrons. The Hall–Kier alpha value is -2.80. The number of hydrogen-bond donors (Lipinski definition) is 2. The summed E-state index contributed by atoms with van der Waals surface area (Å²) in [7, 11) is 4.71. The molecule has 3 rings (SSSR count). The molecule has 1 saturated heterocycles. The molecule has 2 aromatic carbocycles. The summed E-state index contributed by atoms with van der Waals surface area (Å²) in [5, 5.41) is 6.35. The second kappa shape index (κ2) is 8.93. The van der Waals surface area contributed by atoms with E-state index in [-0.39, 0.29) is 17.8 Å². The number of nitrogens with one attached hydrogen (secondary N) is 2. The Balaban J connectivity index is 1.83. The van der Waals surface area contributed by atoms with Crippen molar-refractivity contribution in [1.82, 2.24) is 10.6 Å². The summed E-state index contributed by atoms with van der Waals surface area (Å²) in [6, 6.07) is 9.58. The van der Waals surface area contributed by atoms with Crippen molar-refractivity contribution in [3.05, 3.63) is 53.3 Å². The molecule has 0 bridgehead atoms. The van der Waals surface area contributed by atoms with E-state index in [0.717, 1.165) is 5.56 Å². The highest BCUT2D eigenvalue weighted by atomic mass is 19.1. The highest BCUT2D eigenvalue weighted by Gasteiger charge is 2.32. The third kappa shape index (κ3) is 4.20. The van der Waals surface area contributed by atoms with Crippen LogP contribution in [0.4, 0.5) is 4.39 Å². The van der Waals surface area contributed by atoms with Gasteiger partial charge in [0.2, 0.25) is 5.91 Å². The molecule has 2 atom stereocenters. The van der Waals surface area contributed by atoms with Gasteiger partial charge in [-0.25, -0.2) is 4.39 Å². The zero-order valence-corrected chi connectivity index (χ0v) is 16.3. The van der Waals surface area contributed by atoms with E-state index in [1.54, 1.807) is 26.4 Å². The first-order chi connectivity index (χ1) is 13.6. The molecule has 28 heavy (non-hydrogen) atoms. The summed E-state index contributed by atoms with van der Waals surface area (Å²) in [6.45, 7) is 0.489. The Morgan fingerprint density at radius 1 is 1.14 bits per heavy atom. The molecule has 1 heterocycles. The van der Waals surface area contributed by atoms with E-state index in [2.05, 4.69) is 10.6 Å². The average molecular weight is 388 g/mol. The molecule has 1 amide bonds. The number of ether oxygens (including phenoxy) is 3. The molecule has 6 nitrogen and oxygen atoms in total. The lowest BCUT2D eigenvalue weighted by Gasteiger charge is -2.34. The number of piperidine rings is 1. The first-order valence-electron chi connectivity index (χ1n) is 9.13. The van der Waals surface area contributed by atoms with E-state index >= 15 is 0 Å². The fraction of sp³-hybridized carbons (Fsp3) is 0.381. The van der Waals surface area contributed by atoms with Gasteiger partial charge in [-0.05, 0) is 30.7 Å². The maximum atomic E-state index is 14.5. The third-order valence-corrected chi connectivity index (χ3v) is 4.98. The van der Waals surface area contributed by atoms with E-state index in [1.807, 2.05) is 18.2 Å². The predicted molar refractivity (Wildman–Crippen MR) is 103 cm³/mol. The van der Waals surface area contributed by atoms with Gasteiger partial charge in [0, 0.05) is 30.1 Å². The quantitative estimate of drug-likeness (QED) is 0.763. The lowest BCUT2D eigenvalue weighted by molar-refractivity contribution is -0.123. The topological polar surface area (TPSA) is 68.8 Å². The molecule has 0 aliphatic carbocycles. The predicted octanol–water partition coefficient (Wildman–Crippen LogP) is 2.96. The highest BCUT2D eigenvalue weighted by molar-refractivity contribution is 5.77. The Morgan fingerprint density at radius 3 is 2.68 bits per heavy atom. The summed E-state index contributed by atoms with van der Waals surface area (Å²) >= 11 is 0. The monoisotopic (exact) mass is 388 g/mol. The van der Waals surface area contributed by atoms with Crippen LogP contribution in [-0.4, -0.2) is 33.3 Å². The smallest absolute Gasteiger partial charge is 0.220 e. The number of carbonyl (C=O) groups is 1. The molecular formula is C21H25FN2O4. The summed E-state index contributed by atoms with van der Waals surface area (Å²) in [4.78, 5) is 12.0. The Bertz CT molecular complexity index is 843. The number of hydrogen-bond acceptors (Lipinski definition) is 5. The van der Waals surface area contributed by atoms with E-state index in [9.17, 15) is 9.18 Å². The summed E-state index contributed by atoms with van der Waals surface area (Å²) < 4.78 is 30.5. The van der Waals surface area contributed by atoms with Gasteiger partial charge in [-0.15, -0.1) is 0 Å². The standard InChI is InChI=1S/C21H25FN2O4/c1-26-14-7-8-16(22)15(11-14)20-17(9-10-19(25)24-20)23-12-13-5-4-6-18(27-2)21(13)28-3/h4-8,11,17,20,23H,9-10,12H2,1-3H3,(H,24,25)/t17-,20+/m1/s1. The van der Waals surface area contributed by atoms with E-state index in [0.29, 0.717) is 42.2 Å². The van der Waals surface area contributed by atoms with Gasteiger partial charge in [0.15, 0.2) is 11.5 Å². The Labute approximate surface area is 164 Å². The van der Waals surface area contributed by atoms with Crippen LogP contribution in [0.5, 0.6) is 17.2 Å². The molecule has 0 spiro atoms. The number of para-hydroxylation sites is 1. The second-order valence-corrected chi connectivity index (χ2v) is 6.61. The molecule has 0 radical (unpaired) electrons. The van der Waals surface area contributed by atoms with Gasteiger partial charge < -0.3 is 24.8 Å². The van der Waals surface area contributed by atoms with Crippen molar-refractivity contribution in [3.63, 3.8) is 0 Å². The highest BCUT2D eigenvalue weighted by Crippen LogP contribution is 2.32. The molecule has 0 unspecified atom stereocenters. The van der Waals surface area contributed by atoms with Crippen molar-refractivity contribution in [2.45, 2.75) is 31.5 Å². The van der Waals surface area contributed by atoms with Crippen molar-refractivity contribution in [2.24, 2.45) is 0 Å². The minimum absolute atomic E-state index is 0.0933. The van der Waals surface area contributed by atoms with Crippen LogP contribution in [0, 0.1) is 5.82 Å². The summed E-state index contributed by atoms with van der Waals surface area (Å²) in [5.41, 5.74) is 1.33. The molecule has 1 fully saturated rings. The lowest BCUT2D eigenvalue weighted by atomic mass is 9.91. The Morgan fingerprint density at radius 2 is 1.96 bits per heavy atom. The van der Waals surface area contributed by atoms with Crippen molar-refractivity contribution >= 4 is 5.91 Å². The normalized spacial score (nSPS) is 19.1. The fourth-order valence-electron chi connectivity index (χ4n) is 3.53. The van der Waals surface area contributed by atoms with E-state index in [1.165, 1.54) is 13.2 Å². The van der Waals surface area contributed by atoms with Crippen molar-refractivity contribution < 1.29 is 23.4 Å². The maximum Gasteiger partial charge on any atom is 0.220 e. The van der Waals surface area contributed by atoms with Gasteiger partial charge in [-0.2, -0.15) is 0 Å². The molecule has 2 aromatic rings. The van der Waals surface area contributed by atoms with Gasteiger partial charge in [0.25, 0.3) is 0 Å². The number of benzene rings is 2. The SMILES string of the molecule is COc1ccc(F)c([C@@H]2NC(=O)CC[C@H]2NCc2cccc(OC)c2OC)c1. The fourth-order valence-corrected chi connectivity index (χ4v) is 3.53. The molecule has 1 aliphatic heterocycles. The van der Waals surface area contributed by atoms with Crippen LogP contribution in [-0.2, 0) is 11.3 Å². The van der Waals surface area contributed by atoms with Crippen molar-refractivity contribution in [3.8, 4) is 17.2 Å². The minimum Gasteiger partial charge on any atom is -0.497 e. The van der Waals surface area contributed by atoms with Crippen LogP contribution >= 0.6 is 0 Å². The number of amides is 1. The van der Waals surface area contributed by atoms with Gasteiger partial charge >= 0.3 is 0 Å². The minimum atomic E-state index is -0.493. The number of methoxy groups -OCH3 is 3. The van der Waals surface area contributed by atoms with Crippen LogP contribution in [0.3, 0.4) is 0 Å². The van der Waals surface area contributed by atoms with Crippen LogP contribution in [0.15, 0.2) is 36.4 Å². The first-order valence-corrected chi connectivity index (χ1v) is 9.13. The lowest BCUT2D eigenvalue weighted by Crippen LogP contribution is -2.48. The number of carbonyl (C=O) groups excluding carboxylic acids is 1. The first kappa shape index (κ1) is 19.9. The summed E-state index contributed by atoms with van der Waals surface area (Å²) in [5.74, 6) is 1.38. The molecule has 7 heteroatoms.